The van der Waals surface area contributed by atoms with Crippen LogP contribution >= 0.6 is 11.6 Å². The third kappa shape index (κ3) is 3.05. The molecule has 0 heterocycles. The minimum Gasteiger partial charge on any atom is -0.398 e. The highest BCUT2D eigenvalue weighted by Gasteiger charge is 2.12. The van der Waals surface area contributed by atoms with Crippen LogP contribution in [-0.4, -0.2) is 6.54 Å². The monoisotopic (exact) mass is 238 g/mol. The lowest BCUT2D eigenvalue weighted by Gasteiger charge is -2.22. The first-order valence-electron chi connectivity index (χ1n) is 6.04. The number of hydrogen-bond donors (Lipinski definition) is 2. The highest BCUT2D eigenvalue weighted by Crippen LogP contribution is 2.26. The molecule has 1 aliphatic rings. The van der Waals surface area contributed by atoms with E-state index in [4.69, 9.17) is 17.3 Å². The minimum absolute atomic E-state index is 0.633. The predicted octanol–water partition coefficient (Wildman–Crippen LogP) is 3.91. The fourth-order valence-electron chi connectivity index (χ4n) is 2.29. The molecule has 0 aliphatic heterocycles. The number of benzene rings is 1. The van der Waals surface area contributed by atoms with Crippen molar-refractivity contribution in [3.63, 3.8) is 0 Å². The maximum Gasteiger partial charge on any atom is 0.0655 e. The lowest BCUT2D eigenvalue weighted by atomic mass is 9.89. The molecule has 2 nitrogen and oxygen atoms in total. The average Bonchev–Trinajstić information content (AvgIpc) is 2.32. The number of rotatable bonds is 3. The van der Waals surface area contributed by atoms with Gasteiger partial charge in [0, 0.05) is 12.2 Å². The van der Waals surface area contributed by atoms with Gasteiger partial charge >= 0.3 is 0 Å². The van der Waals surface area contributed by atoms with Crippen LogP contribution in [0.4, 0.5) is 11.4 Å². The second-order valence-corrected chi connectivity index (χ2v) is 5.03. The number of hydrogen-bond acceptors (Lipinski definition) is 2. The lowest BCUT2D eigenvalue weighted by Crippen LogP contribution is -2.17. The SMILES string of the molecule is Nc1ccc(NCC2CCCCC2)cc1Cl. The van der Waals surface area contributed by atoms with Gasteiger partial charge in [-0.1, -0.05) is 30.9 Å². The molecule has 0 bridgehead atoms. The number of nitrogens with two attached hydrogens (primary N) is 1. The smallest absolute Gasteiger partial charge is 0.0655 e. The summed E-state index contributed by atoms with van der Waals surface area (Å²) >= 11 is 5.97. The number of anilines is 2. The summed E-state index contributed by atoms with van der Waals surface area (Å²) < 4.78 is 0. The minimum atomic E-state index is 0.633. The second kappa shape index (κ2) is 5.44. The summed E-state index contributed by atoms with van der Waals surface area (Å²) in [6.07, 6.45) is 6.89. The van der Waals surface area contributed by atoms with E-state index < -0.39 is 0 Å². The van der Waals surface area contributed by atoms with E-state index in [-0.39, 0.29) is 0 Å². The summed E-state index contributed by atoms with van der Waals surface area (Å²) in [5.41, 5.74) is 7.39. The van der Waals surface area contributed by atoms with Gasteiger partial charge in [0.2, 0.25) is 0 Å². The zero-order valence-corrected chi connectivity index (χ0v) is 10.3. The Labute approximate surface area is 102 Å². The van der Waals surface area contributed by atoms with Crippen LogP contribution < -0.4 is 11.1 Å². The topological polar surface area (TPSA) is 38.0 Å². The highest BCUT2D eigenvalue weighted by atomic mass is 35.5. The Morgan fingerprint density at radius 1 is 1.25 bits per heavy atom. The Balaban J connectivity index is 1.86. The number of nitrogens with one attached hydrogen (secondary N) is 1. The molecule has 88 valence electrons. The van der Waals surface area contributed by atoms with E-state index in [0.29, 0.717) is 10.7 Å². The van der Waals surface area contributed by atoms with E-state index in [0.717, 1.165) is 18.2 Å². The molecule has 0 spiro atoms. The molecule has 1 saturated carbocycles. The van der Waals surface area contributed by atoms with Crippen LogP contribution in [0.2, 0.25) is 5.02 Å². The molecule has 3 N–H and O–H groups in total. The van der Waals surface area contributed by atoms with Gasteiger partial charge < -0.3 is 11.1 Å². The van der Waals surface area contributed by atoms with Gasteiger partial charge in [-0.25, -0.2) is 0 Å². The van der Waals surface area contributed by atoms with E-state index in [1.807, 2.05) is 18.2 Å². The van der Waals surface area contributed by atoms with E-state index in [2.05, 4.69) is 5.32 Å². The van der Waals surface area contributed by atoms with Crippen LogP contribution in [0.1, 0.15) is 32.1 Å². The van der Waals surface area contributed by atoms with Gasteiger partial charge in [-0.2, -0.15) is 0 Å². The standard InChI is InChI=1S/C13H19ClN2/c14-12-8-11(6-7-13(12)15)16-9-10-4-2-1-3-5-10/h6-8,10,16H,1-5,9,15H2. The Morgan fingerprint density at radius 3 is 2.69 bits per heavy atom. The maximum absolute atomic E-state index is 5.97. The molecular formula is C13H19ClN2. The van der Waals surface area contributed by atoms with Gasteiger partial charge in [-0.05, 0) is 37.0 Å². The van der Waals surface area contributed by atoms with Gasteiger partial charge in [-0.3, -0.25) is 0 Å². The van der Waals surface area contributed by atoms with Crippen LogP contribution in [0.3, 0.4) is 0 Å². The zero-order chi connectivity index (χ0) is 11.4. The summed E-state index contributed by atoms with van der Waals surface area (Å²) in [5, 5.41) is 4.08. The Hall–Kier alpha value is -0.890. The van der Waals surface area contributed by atoms with Gasteiger partial charge in [0.1, 0.15) is 0 Å². The van der Waals surface area contributed by atoms with Crippen molar-refractivity contribution in [3.8, 4) is 0 Å². The molecule has 1 aliphatic carbocycles. The third-order valence-corrected chi connectivity index (χ3v) is 3.65. The first kappa shape index (κ1) is 11.6. The summed E-state index contributed by atoms with van der Waals surface area (Å²) in [4.78, 5) is 0. The molecule has 2 rings (SSSR count). The van der Waals surface area contributed by atoms with Crippen molar-refractivity contribution < 1.29 is 0 Å². The molecule has 1 aromatic carbocycles. The Kier molecular flexibility index (Phi) is 3.94. The lowest BCUT2D eigenvalue weighted by molar-refractivity contribution is 0.373. The predicted molar refractivity (Wildman–Crippen MR) is 70.9 cm³/mol. The molecule has 0 radical (unpaired) electrons. The van der Waals surface area contributed by atoms with E-state index in [1.54, 1.807) is 0 Å². The van der Waals surface area contributed by atoms with Crippen molar-refractivity contribution >= 4 is 23.0 Å². The first-order valence-corrected chi connectivity index (χ1v) is 6.42. The van der Waals surface area contributed by atoms with Crippen LogP contribution in [0.25, 0.3) is 0 Å². The summed E-state index contributed by atoms with van der Waals surface area (Å²) in [7, 11) is 0. The van der Waals surface area contributed by atoms with Gasteiger partial charge in [0.05, 0.1) is 10.7 Å². The fraction of sp³-hybridized carbons (Fsp3) is 0.538. The molecule has 0 unspecified atom stereocenters. The van der Waals surface area contributed by atoms with Gasteiger partial charge in [0.15, 0.2) is 0 Å². The molecule has 3 heteroatoms. The number of halogens is 1. The molecule has 0 atom stereocenters. The van der Waals surface area contributed by atoms with E-state index in [1.165, 1.54) is 32.1 Å². The summed E-state index contributed by atoms with van der Waals surface area (Å²) in [6, 6.07) is 5.75. The van der Waals surface area contributed by atoms with Gasteiger partial charge in [-0.15, -0.1) is 0 Å². The fourth-order valence-corrected chi connectivity index (χ4v) is 2.47. The summed E-state index contributed by atoms with van der Waals surface area (Å²) in [5.74, 6) is 0.824. The highest BCUT2D eigenvalue weighted by molar-refractivity contribution is 6.33. The molecule has 1 aromatic rings. The van der Waals surface area contributed by atoms with Gasteiger partial charge in [0.25, 0.3) is 0 Å². The molecule has 0 aromatic heterocycles. The molecule has 1 fully saturated rings. The van der Waals surface area contributed by atoms with Crippen LogP contribution in [-0.2, 0) is 0 Å². The zero-order valence-electron chi connectivity index (χ0n) is 9.51. The van der Waals surface area contributed by atoms with Crippen molar-refractivity contribution in [2.45, 2.75) is 32.1 Å². The Bertz CT molecular complexity index is 346. The molecule has 0 saturated heterocycles. The van der Waals surface area contributed by atoms with Crippen LogP contribution in [0.15, 0.2) is 18.2 Å². The van der Waals surface area contributed by atoms with Crippen LogP contribution in [0, 0.1) is 5.92 Å². The molecular weight excluding hydrogens is 220 g/mol. The van der Waals surface area contributed by atoms with Crippen molar-refractivity contribution in [3.05, 3.63) is 23.2 Å². The summed E-state index contributed by atoms with van der Waals surface area (Å²) in [6.45, 7) is 1.06. The average molecular weight is 239 g/mol. The molecule has 16 heavy (non-hydrogen) atoms. The van der Waals surface area contributed by atoms with Crippen molar-refractivity contribution in [1.29, 1.82) is 0 Å². The maximum atomic E-state index is 5.97. The van der Waals surface area contributed by atoms with Crippen LogP contribution in [0.5, 0.6) is 0 Å². The second-order valence-electron chi connectivity index (χ2n) is 4.62. The quantitative estimate of drug-likeness (QED) is 0.784. The van der Waals surface area contributed by atoms with Crippen molar-refractivity contribution in [1.82, 2.24) is 0 Å². The van der Waals surface area contributed by atoms with Crippen molar-refractivity contribution in [2.24, 2.45) is 5.92 Å². The van der Waals surface area contributed by atoms with E-state index >= 15 is 0 Å². The first-order chi connectivity index (χ1) is 7.75. The van der Waals surface area contributed by atoms with E-state index in [9.17, 15) is 0 Å². The molecule has 0 amide bonds. The normalized spacial score (nSPS) is 17.3. The largest absolute Gasteiger partial charge is 0.398 e. The third-order valence-electron chi connectivity index (χ3n) is 3.32. The Morgan fingerprint density at radius 2 is 2.00 bits per heavy atom. The van der Waals surface area contributed by atoms with Crippen molar-refractivity contribution in [2.75, 3.05) is 17.6 Å². The number of nitrogen functional groups attached to an aromatic ring is 1.